The van der Waals surface area contributed by atoms with Gasteiger partial charge in [-0.15, -0.1) is 0 Å². The standard InChI is InChI=1S/C19H27N5O3/c1-14-12-18(22-15-4-5-16(25-2)17(13-15)26-3)23-19(21-14)20-6-7-24-8-10-27-11-9-24/h4-5,12-13H,6-11H2,1-3H3,(H2,20,21,22,23). The zero-order chi connectivity index (χ0) is 19.1. The first kappa shape index (κ1) is 19.2. The fourth-order valence-electron chi connectivity index (χ4n) is 2.92. The van der Waals surface area contributed by atoms with Crippen molar-refractivity contribution in [3.8, 4) is 11.5 Å². The number of anilines is 3. The molecule has 0 saturated carbocycles. The Morgan fingerprint density at radius 3 is 2.59 bits per heavy atom. The highest BCUT2D eigenvalue weighted by Gasteiger charge is 2.10. The fourth-order valence-corrected chi connectivity index (χ4v) is 2.92. The van der Waals surface area contributed by atoms with E-state index in [1.807, 2.05) is 31.2 Å². The molecule has 2 aromatic rings. The summed E-state index contributed by atoms with van der Waals surface area (Å²) in [6.45, 7) is 7.25. The Kier molecular flexibility index (Phi) is 6.67. The van der Waals surface area contributed by atoms with Crippen LogP contribution in [0.15, 0.2) is 24.3 Å². The van der Waals surface area contributed by atoms with Crippen LogP contribution in [0.3, 0.4) is 0 Å². The topological polar surface area (TPSA) is 80.8 Å². The number of hydrogen-bond donors (Lipinski definition) is 2. The van der Waals surface area contributed by atoms with Gasteiger partial charge in [0.1, 0.15) is 5.82 Å². The number of ether oxygens (including phenoxy) is 3. The molecule has 2 N–H and O–H groups in total. The first-order chi connectivity index (χ1) is 13.2. The number of nitrogens with zero attached hydrogens (tertiary/aromatic N) is 3. The predicted octanol–water partition coefficient (Wildman–Crippen LogP) is 2.29. The summed E-state index contributed by atoms with van der Waals surface area (Å²) in [6.07, 6.45) is 0. The third-order valence-electron chi connectivity index (χ3n) is 4.33. The zero-order valence-electron chi connectivity index (χ0n) is 16.1. The van der Waals surface area contributed by atoms with Crippen LogP contribution in [0.25, 0.3) is 0 Å². The van der Waals surface area contributed by atoms with Gasteiger partial charge in [-0.25, -0.2) is 4.98 Å². The summed E-state index contributed by atoms with van der Waals surface area (Å²) in [6, 6.07) is 7.56. The normalized spacial score (nSPS) is 14.6. The molecule has 8 heteroatoms. The third-order valence-corrected chi connectivity index (χ3v) is 4.33. The number of aryl methyl sites for hydroxylation is 1. The van der Waals surface area contributed by atoms with Gasteiger partial charge in [0.2, 0.25) is 5.95 Å². The van der Waals surface area contributed by atoms with Crippen molar-refractivity contribution in [1.82, 2.24) is 14.9 Å². The van der Waals surface area contributed by atoms with Crippen LogP contribution < -0.4 is 20.1 Å². The van der Waals surface area contributed by atoms with Crippen LogP contribution in [0.2, 0.25) is 0 Å². The molecule has 1 aliphatic rings. The molecule has 0 radical (unpaired) electrons. The average Bonchev–Trinajstić information content (AvgIpc) is 2.68. The second-order valence-electron chi connectivity index (χ2n) is 6.29. The maximum absolute atomic E-state index is 5.37. The molecule has 0 unspecified atom stereocenters. The molecule has 1 saturated heterocycles. The molecule has 1 aromatic carbocycles. The first-order valence-electron chi connectivity index (χ1n) is 9.06. The van der Waals surface area contributed by atoms with Crippen molar-refractivity contribution in [2.75, 3.05) is 64.2 Å². The lowest BCUT2D eigenvalue weighted by atomic mass is 10.2. The first-order valence-corrected chi connectivity index (χ1v) is 9.06. The molecule has 0 amide bonds. The van der Waals surface area contributed by atoms with Gasteiger partial charge >= 0.3 is 0 Å². The van der Waals surface area contributed by atoms with Crippen LogP contribution in [0, 0.1) is 6.92 Å². The van der Waals surface area contributed by atoms with E-state index in [2.05, 4.69) is 25.5 Å². The summed E-state index contributed by atoms with van der Waals surface area (Å²) in [5.41, 5.74) is 1.76. The summed E-state index contributed by atoms with van der Waals surface area (Å²) >= 11 is 0. The lowest BCUT2D eigenvalue weighted by Crippen LogP contribution is -2.39. The minimum atomic E-state index is 0.617. The van der Waals surface area contributed by atoms with Crippen LogP contribution >= 0.6 is 0 Å². The molecule has 1 aromatic heterocycles. The van der Waals surface area contributed by atoms with Crippen LogP contribution in [-0.2, 0) is 4.74 Å². The lowest BCUT2D eigenvalue weighted by Gasteiger charge is -2.26. The summed E-state index contributed by atoms with van der Waals surface area (Å²) < 4.78 is 16.0. The van der Waals surface area contributed by atoms with E-state index in [4.69, 9.17) is 14.2 Å². The Balaban J connectivity index is 1.62. The number of morpholine rings is 1. The third kappa shape index (κ3) is 5.45. The Bertz CT molecular complexity index is 750. The quantitative estimate of drug-likeness (QED) is 0.730. The van der Waals surface area contributed by atoms with E-state index in [-0.39, 0.29) is 0 Å². The maximum atomic E-state index is 5.37. The monoisotopic (exact) mass is 373 g/mol. The Labute approximate surface area is 159 Å². The second kappa shape index (κ2) is 9.38. The highest BCUT2D eigenvalue weighted by Crippen LogP contribution is 2.31. The lowest BCUT2D eigenvalue weighted by molar-refractivity contribution is 0.0398. The number of hydrogen-bond acceptors (Lipinski definition) is 8. The Morgan fingerprint density at radius 1 is 1.07 bits per heavy atom. The van der Waals surface area contributed by atoms with Crippen molar-refractivity contribution in [1.29, 1.82) is 0 Å². The molecule has 0 aliphatic carbocycles. The van der Waals surface area contributed by atoms with Crippen molar-refractivity contribution in [2.45, 2.75) is 6.92 Å². The van der Waals surface area contributed by atoms with Gasteiger partial charge in [-0.3, -0.25) is 4.90 Å². The number of nitrogens with one attached hydrogen (secondary N) is 2. The average molecular weight is 373 g/mol. The van der Waals surface area contributed by atoms with Gasteiger partial charge in [0.15, 0.2) is 11.5 Å². The summed E-state index contributed by atoms with van der Waals surface area (Å²) in [5.74, 6) is 2.69. The molecule has 2 heterocycles. The molecule has 3 rings (SSSR count). The van der Waals surface area contributed by atoms with Crippen molar-refractivity contribution < 1.29 is 14.2 Å². The molecule has 8 nitrogen and oxygen atoms in total. The van der Waals surface area contributed by atoms with Crippen LogP contribution in [0.5, 0.6) is 11.5 Å². The molecule has 0 bridgehead atoms. The highest BCUT2D eigenvalue weighted by atomic mass is 16.5. The van der Waals surface area contributed by atoms with Crippen molar-refractivity contribution >= 4 is 17.5 Å². The molecule has 1 aliphatic heterocycles. The molecule has 146 valence electrons. The zero-order valence-corrected chi connectivity index (χ0v) is 16.1. The van der Waals surface area contributed by atoms with E-state index < -0.39 is 0 Å². The number of aromatic nitrogens is 2. The second-order valence-corrected chi connectivity index (χ2v) is 6.29. The molecular formula is C19H27N5O3. The highest BCUT2D eigenvalue weighted by molar-refractivity contribution is 5.62. The van der Waals surface area contributed by atoms with E-state index in [0.717, 1.165) is 56.6 Å². The molecule has 1 fully saturated rings. The summed E-state index contributed by atoms with van der Waals surface area (Å²) in [7, 11) is 3.24. The minimum Gasteiger partial charge on any atom is -0.493 e. The summed E-state index contributed by atoms with van der Waals surface area (Å²) in [4.78, 5) is 11.4. The molecule has 27 heavy (non-hydrogen) atoms. The van der Waals surface area contributed by atoms with E-state index in [1.54, 1.807) is 14.2 Å². The molecular weight excluding hydrogens is 346 g/mol. The molecule has 0 atom stereocenters. The van der Waals surface area contributed by atoms with Crippen LogP contribution in [-0.4, -0.2) is 68.5 Å². The number of benzene rings is 1. The number of methoxy groups -OCH3 is 2. The largest absolute Gasteiger partial charge is 0.493 e. The predicted molar refractivity (Wildman–Crippen MR) is 105 cm³/mol. The maximum Gasteiger partial charge on any atom is 0.224 e. The van der Waals surface area contributed by atoms with E-state index in [1.165, 1.54) is 0 Å². The van der Waals surface area contributed by atoms with Crippen LogP contribution in [0.1, 0.15) is 5.69 Å². The van der Waals surface area contributed by atoms with Gasteiger partial charge in [-0.2, -0.15) is 4.98 Å². The van der Waals surface area contributed by atoms with Gasteiger partial charge in [0, 0.05) is 49.7 Å². The summed E-state index contributed by atoms with van der Waals surface area (Å²) in [5, 5.41) is 6.61. The van der Waals surface area contributed by atoms with Gasteiger partial charge in [-0.1, -0.05) is 0 Å². The fraction of sp³-hybridized carbons (Fsp3) is 0.474. The van der Waals surface area contributed by atoms with Gasteiger partial charge in [0.05, 0.1) is 27.4 Å². The van der Waals surface area contributed by atoms with Gasteiger partial charge in [0.25, 0.3) is 0 Å². The van der Waals surface area contributed by atoms with Gasteiger partial charge < -0.3 is 24.8 Å². The van der Waals surface area contributed by atoms with Crippen LogP contribution in [0.4, 0.5) is 17.5 Å². The Morgan fingerprint density at radius 2 is 1.85 bits per heavy atom. The SMILES string of the molecule is COc1ccc(Nc2cc(C)nc(NCCN3CCOCC3)n2)cc1OC. The van der Waals surface area contributed by atoms with Gasteiger partial charge in [-0.05, 0) is 19.1 Å². The van der Waals surface area contributed by atoms with E-state index in [0.29, 0.717) is 17.4 Å². The minimum absolute atomic E-state index is 0.617. The van der Waals surface area contributed by atoms with Crippen molar-refractivity contribution in [3.63, 3.8) is 0 Å². The smallest absolute Gasteiger partial charge is 0.224 e. The van der Waals surface area contributed by atoms with Crippen molar-refractivity contribution in [2.24, 2.45) is 0 Å². The van der Waals surface area contributed by atoms with Crippen molar-refractivity contribution in [3.05, 3.63) is 30.0 Å². The Hall–Kier alpha value is -2.58. The molecule has 0 spiro atoms. The number of rotatable bonds is 8. The van der Waals surface area contributed by atoms with E-state index in [9.17, 15) is 0 Å². The van der Waals surface area contributed by atoms with E-state index >= 15 is 0 Å².